The molecule has 0 saturated carbocycles. The molecule has 4 nitrogen and oxygen atoms in total. The fourth-order valence-electron chi connectivity index (χ4n) is 9.47. The van der Waals surface area contributed by atoms with Gasteiger partial charge in [0.25, 0.3) is 0 Å². The van der Waals surface area contributed by atoms with Crippen LogP contribution in [0, 0.1) is 0 Å². The Morgan fingerprint density at radius 1 is 0.403 bits per heavy atom. The molecule has 0 aliphatic rings. The maximum absolute atomic E-state index is 5.45. The second-order valence-corrected chi connectivity index (χ2v) is 15.8. The molecule has 0 spiro atoms. The van der Waals surface area contributed by atoms with Crippen molar-refractivity contribution >= 4 is 71.4 Å². The summed E-state index contributed by atoms with van der Waals surface area (Å²) >= 11 is 0. The molecule has 62 heavy (non-hydrogen) atoms. The molecule has 0 fully saturated rings. The first kappa shape index (κ1) is 35.6. The van der Waals surface area contributed by atoms with Crippen LogP contribution in [0.3, 0.4) is 0 Å². The van der Waals surface area contributed by atoms with Gasteiger partial charge < -0.3 is 4.57 Å². The number of fused-ring (bicyclic) bond motifs is 8. The second-order valence-electron chi connectivity index (χ2n) is 15.8. The molecular weight excluding hydrogens is 753 g/mol. The van der Waals surface area contributed by atoms with E-state index >= 15 is 0 Å². The molecule has 9 aromatic carbocycles. The van der Waals surface area contributed by atoms with Crippen LogP contribution in [0.5, 0.6) is 0 Å². The van der Waals surface area contributed by atoms with Gasteiger partial charge in [-0.05, 0) is 87.1 Å². The normalized spacial score (nSPS) is 11.9. The molecule has 12 aromatic rings. The SMILES string of the molecule is C=C/C=C\c1cc2c(cc1-c1ccc3c4ccccc4n(-c4ccccc4)c3c1)c1ccccc1n2-c1nc(-c2ccc(-c3cccc4ccccc34)cc2)c2ccccc2n1. The van der Waals surface area contributed by atoms with E-state index in [1.807, 2.05) is 12.2 Å². The van der Waals surface area contributed by atoms with Crippen molar-refractivity contribution in [3.8, 4) is 45.1 Å². The van der Waals surface area contributed by atoms with E-state index in [0.29, 0.717) is 5.95 Å². The lowest BCUT2D eigenvalue weighted by Crippen LogP contribution is -2.03. The van der Waals surface area contributed by atoms with E-state index in [1.165, 1.54) is 43.7 Å². The molecule has 0 aliphatic carbocycles. The largest absolute Gasteiger partial charge is 0.309 e. The van der Waals surface area contributed by atoms with Gasteiger partial charge in [0.1, 0.15) is 0 Å². The number of allylic oxidation sites excluding steroid dienone is 2. The minimum atomic E-state index is 0.628. The van der Waals surface area contributed by atoms with Gasteiger partial charge in [0, 0.05) is 38.2 Å². The molecule has 0 radical (unpaired) electrons. The summed E-state index contributed by atoms with van der Waals surface area (Å²) in [6.07, 6.45) is 6.01. The lowest BCUT2D eigenvalue weighted by atomic mass is 9.95. The number of rotatable bonds is 7. The van der Waals surface area contributed by atoms with Crippen LogP contribution in [0.1, 0.15) is 5.56 Å². The molecule has 0 bridgehead atoms. The van der Waals surface area contributed by atoms with Gasteiger partial charge in [-0.25, -0.2) is 9.97 Å². The van der Waals surface area contributed by atoms with Crippen LogP contribution < -0.4 is 0 Å². The third-order valence-electron chi connectivity index (χ3n) is 12.3. The summed E-state index contributed by atoms with van der Waals surface area (Å²) in [5, 5.41) is 8.21. The number of benzene rings is 9. The van der Waals surface area contributed by atoms with Crippen molar-refractivity contribution in [3.63, 3.8) is 0 Å². The van der Waals surface area contributed by atoms with Gasteiger partial charge >= 0.3 is 0 Å². The van der Waals surface area contributed by atoms with Crippen LogP contribution in [0.25, 0.3) is 117 Å². The zero-order valence-corrected chi connectivity index (χ0v) is 33.8. The van der Waals surface area contributed by atoms with Crippen LogP contribution in [-0.2, 0) is 0 Å². The zero-order chi connectivity index (χ0) is 41.1. The van der Waals surface area contributed by atoms with E-state index in [0.717, 1.165) is 66.3 Å². The topological polar surface area (TPSA) is 35.6 Å². The number of aromatic nitrogens is 4. The van der Waals surface area contributed by atoms with Crippen LogP contribution in [0.2, 0.25) is 0 Å². The lowest BCUT2D eigenvalue weighted by Gasteiger charge is -2.14. The standard InChI is InChI=1S/C58H38N4/c1-2-3-16-41-35-56-51(37-50(41)42-33-34-48-46-22-10-13-27-53(46)61(55(48)36-42)43-19-5-4-6-20-43)47-23-11-14-28-54(47)62(56)58-59-52-26-12-9-24-49(52)57(60-58)40-31-29-39(30-32-40)45-25-15-18-38-17-7-8-21-44(38)45/h2-37H,1H2/b16-3-. The summed E-state index contributed by atoms with van der Waals surface area (Å²) in [6, 6.07) is 71.6. The first-order valence-electron chi connectivity index (χ1n) is 21.0. The Balaban J connectivity index is 1.06. The number of para-hydroxylation sites is 4. The van der Waals surface area contributed by atoms with Gasteiger partial charge in [0.2, 0.25) is 5.95 Å². The van der Waals surface area contributed by atoms with E-state index in [2.05, 4.69) is 222 Å². The summed E-state index contributed by atoms with van der Waals surface area (Å²) in [4.78, 5) is 10.7. The van der Waals surface area contributed by atoms with Gasteiger partial charge in [0.05, 0.1) is 33.3 Å². The van der Waals surface area contributed by atoms with Crippen LogP contribution >= 0.6 is 0 Å². The predicted molar refractivity (Wildman–Crippen MR) is 261 cm³/mol. The minimum Gasteiger partial charge on any atom is -0.309 e. The molecule has 0 N–H and O–H groups in total. The Labute approximate surface area is 358 Å². The van der Waals surface area contributed by atoms with Crippen molar-refractivity contribution in [1.29, 1.82) is 0 Å². The molecule has 12 rings (SSSR count). The Morgan fingerprint density at radius 2 is 1.02 bits per heavy atom. The van der Waals surface area contributed by atoms with Gasteiger partial charge in [-0.3, -0.25) is 4.57 Å². The molecule has 0 saturated heterocycles. The average Bonchev–Trinajstić information content (AvgIpc) is 3.84. The highest BCUT2D eigenvalue weighted by Crippen LogP contribution is 2.41. The molecule has 0 unspecified atom stereocenters. The third kappa shape index (κ3) is 5.69. The highest BCUT2D eigenvalue weighted by molar-refractivity contribution is 6.13. The smallest absolute Gasteiger partial charge is 0.235 e. The minimum absolute atomic E-state index is 0.628. The second kappa shape index (κ2) is 14.4. The summed E-state index contributed by atoms with van der Waals surface area (Å²) in [5.41, 5.74) is 14.1. The molecule has 3 heterocycles. The van der Waals surface area contributed by atoms with E-state index in [-0.39, 0.29) is 0 Å². The fraction of sp³-hybridized carbons (Fsp3) is 0. The fourth-order valence-corrected chi connectivity index (χ4v) is 9.47. The molecule has 4 heteroatoms. The van der Waals surface area contributed by atoms with Crippen LogP contribution in [-0.4, -0.2) is 19.1 Å². The van der Waals surface area contributed by atoms with E-state index in [1.54, 1.807) is 0 Å². The van der Waals surface area contributed by atoms with Crippen molar-refractivity contribution in [2.45, 2.75) is 0 Å². The van der Waals surface area contributed by atoms with Gasteiger partial charge in [-0.15, -0.1) is 0 Å². The van der Waals surface area contributed by atoms with Crippen molar-refractivity contribution in [2.24, 2.45) is 0 Å². The van der Waals surface area contributed by atoms with Crippen molar-refractivity contribution in [2.75, 3.05) is 0 Å². The third-order valence-corrected chi connectivity index (χ3v) is 12.3. The summed E-state index contributed by atoms with van der Waals surface area (Å²) in [5.74, 6) is 0.628. The summed E-state index contributed by atoms with van der Waals surface area (Å²) in [7, 11) is 0. The first-order valence-corrected chi connectivity index (χ1v) is 21.0. The van der Waals surface area contributed by atoms with Crippen LogP contribution in [0.4, 0.5) is 0 Å². The molecule has 0 aliphatic heterocycles. The monoisotopic (exact) mass is 790 g/mol. The quantitative estimate of drug-likeness (QED) is 0.151. The highest BCUT2D eigenvalue weighted by atomic mass is 15.2. The average molecular weight is 791 g/mol. The molecular formula is C58H38N4. The maximum atomic E-state index is 5.45. The molecule has 0 atom stereocenters. The number of nitrogens with zero attached hydrogens (tertiary/aromatic N) is 4. The number of hydrogen-bond acceptors (Lipinski definition) is 2. The summed E-state index contributed by atoms with van der Waals surface area (Å²) < 4.78 is 4.61. The van der Waals surface area contributed by atoms with Crippen molar-refractivity contribution in [1.82, 2.24) is 19.1 Å². The molecule has 0 amide bonds. The summed E-state index contributed by atoms with van der Waals surface area (Å²) in [6.45, 7) is 4.04. The Bertz CT molecular complexity index is 3750. The van der Waals surface area contributed by atoms with Crippen molar-refractivity contribution in [3.05, 3.63) is 224 Å². The molecule has 290 valence electrons. The van der Waals surface area contributed by atoms with Gasteiger partial charge in [-0.1, -0.05) is 176 Å². The predicted octanol–water partition coefficient (Wildman–Crippen LogP) is 15.2. The van der Waals surface area contributed by atoms with Crippen molar-refractivity contribution < 1.29 is 0 Å². The maximum Gasteiger partial charge on any atom is 0.235 e. The molecule has 3 aromatic heterocycles. The lowest BCUT2D eigenvalue weighted by molar-refractivity contribution is 1.01. The Morgan fingerprint density at radius 3 is 1.82 bits per heavy atom. The van der Waals surface area contributed by atoms with Gasteiger partial charge in [0.15, 0.2) is 0 Å². The highest BCUT2D eigenvalue weighted by Gasteiger charge is 2.21. The Hall–Kier alpha value is -8.34. The van der Waals surface area contributed by atoms with Gasteiger partial charge in [-0.2, -0.15) is 0 Å². The van der Waals surface area contributed by atoms with E-state index in [9.17, 15) is 0 Å². The number of hydrogen-bond donors (Lipinski definition) is 0. The Kier molecular flexibility index (Phi) is 8.29. The first-order chi connectivity index (χ1) is 30.7. The zero-order valence-electron chi connectivity index (χ0n) is 33.8. The van der Waals surface area contributed by atoms with Crippen LogP contribution in [0.15, 0.2) is 219 Å². The van der Waals surface area contributed by atoms with E-state index < -0.39 is 0 Å². The van der Waals surface area contributed by atoms with E-state index in [4.69, 9.17) is 9.97 Å².